The Morgan fingerprint density at radius 3 is 2.52 bits per heavy atom. The second kappa shape index (κ2) is 5.74. The van der Waals surface area contributed by atoms with Crippen molar-refractivity contribution in [1.82, 2.24) is 0 Å². The number of rotatable bonds is 4. The predicted octanol–water partition coefficient (Wildman–Crippen LogP) is 2.40. The van der Waals surface area contributed by atoms with Crippen LogP contribution in [0.25, 0.3) is 0 Å². The maximum Gasteiger partial charge on any atom is 0.262 e. The summed E-state index contributed by atoms with van der Waals surface area (Å²) in [5, 5.41) is 0. The lowest BCUT2D eigenvalue weighted by atomic mass is 10.2. The Balaban J connectivity index is 2.41. The Bertz CT molecular complexity index is 808. The number of hydrogen-bond acceptors (Lipinski definition) is 3. The van der Waals surface area contributed by atoms with Crippen LogP contribution in [0.5, 0.6) is 0 Å². The van der Waals surface area contributed by atoms with E-state index < -0.39 is 27.3 Å². The molecule has 2 aromatic carbocycles. The number of benzene rings is 2. The van der Waals surface area contributed by atoms with E-state index >= 15 is 0 Å². The summed E-state index contributed by atoms with van der Waals surface area (Å²) in [6, 6.07) is 8.02. The molecule has 3 N–H and O–H groups in total. The van der Waals surface area contributed by atoms with Gasteiger partial charge in [-0.05, 0) is 24.3 Å². The van der Waals surface area contributed by atoms with Crippen LogP contribution < -0.4 is 10.5 Å². The van der Waals surface area contributed by atoms with Crippen molar-refractivity contribution in [3.05, 3.63) is 59.7 Å². The van der Waals surface area contributed by atoms with E-state index in [-0.39, 0.29) is 9.88 Å². The van der Waals surface area contributed by atoms with Gasteiger partial charge in [0.05, 0.1) is 10.6 Å². The number of nitrogens with one attached hydrogen (secondary N) is 1. The molecule has 0 bridgehead atoms. The van der Waals surface area contributed by atoms with E-state index in [2.05, 4.69) is 0 Å². The third-order valence-corrected chi connectivity index (χ3v) is 4.20. The van der Waals surface area contributed by atoms with Crippen molar-refractivity contribution in [3.8, 4) is 0 Å². The van der Waals surface area contributed by atoms with Crippen molar-refractivity contribution in [2.45, 2.75) is 4.90 Å². The van der Waals surface area contributed by atoms with Crippen LogP contribution in [0, 0.1) is 11.6 Å². The Morgan fingerprint density at radius 2 is 1.86 bits per heavy atom. The molecule has 0 aliphatic heterocycles. The highest BCUT2D eigenvalue weighted by molar-refractivity contribution is 7.92. The van der Waals surface area contributed by atoms with Crippen molar-refractivity contribution in [2.24, 2.45) is 5.73 Å². The molecule has 8 heteroatoms. The molecule has 21 heavy (non-hydrogen) atoms. The van der Waals surface area contributed by atoms with Gasteiger partial charge in [-0.1, -0.05) is 24.4 Å². The summed E-state index contributed by atoms with van der Waals surface area (Å²) < 4.78 is 52.8. The molecule has 0 aromatic heterocycles. The summed E-state index contributed by atoms with van der Waals surface area (Å²) in [6.07, 6.45) is 0. The fourth-order valence-corrected chi connectivity index (χ4v) is 2.83. The van der Waals surface area contributed by atoms with Crippen molar-refractivity contribution >= 4 is 32.9 Å². The van der Waals surface area contributed by atoms with Crippen LogP contribution in [0.1, 0.15) is 5.56 Å². The van der Waals surface area contributed by atoms with E-state index in [4.69, 9.17) is 18.0 Å². The van der Waals surface area contributed by atoms with Crippen molar-refractivity contribution in [3.63, 3.8) is 0 Å². The summed E-state index contributed by atoms with van der Waals surface area (Å²) in [5.41, 5.74) is 5.31. The average molecular weight is 328 g/mol. The largest absolute Gasteiger partial charge is 0.389 e. The molecule has 0 heterocycles. The molecule has 0 atom stereocenters. The predicted molar refractivity (Wildman–Crippen MR) is 79.5 cm³/mol. The van der Waals surface area contributed by atoms with E-state index in [1.807, 2.05) is 4.72 Å². The lowest BCUT2D eigenvalue weighted by Gasteiger charge is -2.10. The normalized spacial score (nSPS) is 11.1. The Morgan fingerprint density at radius 1 is 1.14 bits per heavy atom. The molecular formula is C13H10F2N2O2S2. The standard InChI is InChI=1S/C13H10F2N2O2S2/c14-9-4-5-11(15)12(7-9)17-21(18,19)10-3-1-2-8(6-10)13(16)20/h1-7,17H,(H2,16,20). The third kappa shape index (κ3) is 3.53. The first-order chi connectivity index (χ1) is 9.79. The van der Waals surface area contributed by atoms with Gasteiger partial charge in [0.2, 0.25) is 0 Å². The Kier molecular flexibility index (Phi) is 4.19. The smallest absolute Gasteiger partial charge is 0.262 e. The second-order valence-corrected chi connectivity index (χ2v) is 6.24. The van der Waals surface area contributed by atoms with Gasteiger partial charge >= 0.3 is 0 Å². The lowest BCUT2D eigenvalue weighted by Crippen LogP contribution is -2.16. The van der Waals surface area contributed by atoms with Gasteiger partial charge in [-0.2, -0.15) is 0 Å². The Hall–Kier alpha value is -2.06. The van der Waals surface area contributed by atoms with Crippen LogP contribution in [0.15, 0.2) is 47.4 Å². The molecule has 0 amide bonds. The van der Waals surface area contributed by atoms with Crippen molar-refractivity contribution in [2.75, 3.05) is 4.72 Å². The molecular weight excluding hydrogens is 318 g/mol. The van der Waals surface area contributed by atoms with Crippen LogP contribution in [0.2, 0.25) is 0 Å². The van der Waals surface area contributed by atoms with Crippen LogP contribution >= 0.6 is 12.2 Å². The minimum absolute atomic E-state index is 0.0315. The molecule has 0 radical (unpaired) electrons. The lowest BCUT2D eigenvalue weighted by molar-refractivity contribution is 0.594. The first-order valence-electron chi connectivity index (χ1n) is 5.67. The Labute approximate surface area is 125 Å². The van der Waals surface area contributed by atoms with Gasteiger partial charge < -0.3 is 5.73 Å². The summed E-state index contributed by atoms with van der Waals surface area (Å²) in [5.74, 6) is -1.64. The summed E-state index contributed by atoms with van der Waals surface area (Å²) >= 11 is 4.77. The number of hydrogen-bond donors (Lipinski definition) is 2. The van der Waals surface area contributed by atoms with Gasteiger partial charge in [-0.15, -0.1) is 0 Å². The summed E-state index contributed by atoms with van der Waals surface area (Å²) in [7, 11) is -4.08. The highest BCUT2D eigenvalue weighted by Gasteiger charge is 2.17. The molecule has 0 aliphatic carbocycles. The first kappa shape index (κ1) is 15.3. The minimum Gasteiger partial charge on any atom is -0.389 e. The fourth-order valence-electron chi connectivity index (χ4n) is 1.60. The first-order valence-corrected chi connectivity index (χ1v) is 7.56. The van der Waals surface area contributed by atoms with Gasteiger partial charge in [0.25, 0.3) is 10.0 Å². The molecule has 0 unspecified atom stereocenters. The topological polar surface area (TPSA) is 72.2 Å². The molecule has 2 rings (SSSR count). The number of sulfonamides is 1. The van der Waals surface area contributed by atoms with Crippen LogP contribution in [0.3, 0.4) is 0 Å². The van der Waals surface area contributed by atoms with Gasteiger partial charge in [-0.25, -0.2) is 17.2 Å². The zero-order chi connectivity index (χ0) is 15.6. The molecule has 0 saturated carbocycles. The van der Waals surface area contributed by atoms with E-state index in [0.717, 1.165) is 18.2 Å². The molecule has 110 valence electrons. The maximum atomic E-state index is 13.5. The maximum absolute atomic E-state index is 13.5. The monoisotopic (exact) mass is 328 g/mol. The van der Waals surface area contributed by atoms with Gasteiger partial charge in [0.15, 0.2) is 0 Å². The molecule has 0 spiro atoms. The van der Waals surface area contributed by atoms with Crippen molar-refractivity contribution in [1.29, 1.82) is 0 Å². The van der Waals surface area contributed by atoms with E-state index in [1.54, 1.807) is 6.07 Å². The van der Waals surface area contributed by atoms with Gasteiger partial charge in [-0.3, -0.25) is 4.72 Å². The summed E-state index contributed by atoms with van der Waals surface area (Å²) in [4.78, 5) is -0.125. The second-order valence-electron chi connectivity index (χ2n) is 4.12. The number of thiocarbonyl (C=S) groups is 1. The summed E-state index contributed by atoms with van der Waals surface area (Å²) in [6.45, 7) is 0. The highest BCUT2D eigenvalue weighted by Crippen LogP contribution is 2.20. The molecule has 0 fully saturated rings. The van der Waals surface area contributed by atoms with Crippen LogP contribution in [-0.4, -0.2) is 13.4 Å². The molecule has 0 aliphatic rings. The molecule has 0 saturated heterocycles. The highest BCUT2D eigenvalue weighted by atomic mass is 32.2. The SMILES string of the molecule is NC(=S)c1cccc(S(=O)(=O)Nc2cc(F)ccc2F)c1. The van der Waals surface area contributed by atoms with E-state index in [0.29, 0.717) is 5.56 Å². The zero-order valence-corrected chi connectivity index (χ0v) is 12.1. The quantitative estimate of drug-likeness (QED) is 0.846. The zero-order valence-electron chi connectivity index (χ0n) is 10.5. The average Bonchev–Trinajstić information content (AvgIpc) is 2.43. The number of halogens is 2. The van der Waals surface area contributed by atoms with Crippen LogP contribution in [0.4, 0.5) is 14.5 Å². The van der Waals surface area contributed by atoms with E-state index in [9.17, 15) is 17.2 Å². The fraction of sp³-hybridized carbons (Fsp3) is 0. The third-order valence-electron chi connectivity index (χ3n) is 2.60. The van der Waals surface area contributed by atoms with E-state index in [1.165, 1.54) is 18.2 Å². The van der Waals surface area contributed by atoms with Gasteiger partial charge in [0.1, 0.15) is 16.6 Å². The molecule has 4 nitrogen and oxygen atoms in total. The molecule has 2 aromatic rings. The van der Waals surface area contributed by atoms with Gasteiger partial charge in [0, 0.05) is 11.6 Å². The number of nitrogens with two attached hydrogens (primary N) is 1. The van der Waals surface area contributed by atoms with Crippen molar-refractivity contribution < 1.29 is 17.2 Å². The number of anilines is 1. The van der Waals surface area contributed by atoms with Crippen LogP contribution in [-0.2, 0) is 10.0 Å². The minimum atomic E-state index is -4.08.